The van der Waals surface area contributed by atoms with E-state index in [0.717, 1.165) is 24.8 Å². The van der Waals surface area contributed by atoms with Gasteiger partial charge in [-0.25, -0.2) is 0 Å². The molecule has 2 aliphatic rings. The maximum Gasteiger partial charge on any atom is 0.308 e. The van der Waals surface area contributed by atoms with Crippen molar-refractivity contribution in [2.75, 3.05) is 0 Å². The van der Waals surface area contributed by atoms with Gasteiger partial charge in [0.2, 0.25) is 0 Å². The Hall–Kier alpha value is -1.55. The molecule has 3 rings (SSSR count). The summed E-state index contributed by atoms with van der Waals surface area (Å²) in [6, 6.07) is 7.88. The Kier molecular flexibility index (Phi) is 2.97. The van der Waals surface area contributed by atoms with Crippen LogP contribution in [-0.4, -0.2) is 33.2 Å². The number of nitrogens with zero attached hydrogens (tertiary/aromatic N) is 1. The van der Waals surface area contributed by atoms with Gasteiger partial charge in [-0.1, -0.05) is 18.2 Å². The fraction of sp³-hybridized carbons (Fsp3) is 0.533. The van der Waals surface area contributed by atoms with E-state index in [4.69, 9.17) is 0 Å². The molecule has 0 aromatic heterocycles. The van der Waals surface area contributed by atoms with Crippen molar-refractivity contribution < 1.29 is 15.0 Å². The summed E-state index contributed by atoms with van der Waals surface area (Å²) < 4.78 is 0. The van der Waals surface area contributed by atoms with Crippen molar-refractivity contribution in [1.29, 1.82) is 0 Å². The molecule has 4 nitrogen and oxygen atoms in total. The number of aliphatic carboxylic acids is 1. The lowest BCUT2D eigenvalue weighted by molar-refractivity contribution is -0.142. The zero-order valence-corrected chi connectivity index (χ0v) is 11.0. The van der Waals surface area contributed by atoms with Gasteiger partial charge < -0.3 is 10.2 Å². The lowest BCUT2D eigenvalue weighted by Gasteiger charge is -2.30. The second-order valence-corrected chi connectivity index (χ2v) is 5.66. The van der Waals surface area contributed by atoms with Crippen LogP contribution in [0.5, 0.6) is 5.75 Å². The zero-order valence-electron chi connectivity index (χ0n) is 11.0. The normalized spacial score (nSPS) is 31.5. The van der Waals surface area contributed by atoms with Gasteiger partial charge in [0, 0.05) is 23.7 Å². The van der Waals surface area contributed by atoms with E-state index in [9.17, 15) is 15.0 Å². The molecule has 2 saturated heterocycles. The van der Waals surface area contributed by atoms with Crippen LogP contribution in [0.1, 0.15) is 37.8 Å². The van der Waals surface area contributed by atoms with Crippen LogP contribution in [0, 0.1) is 5.92 Å². The Morgan fingerprint density at radius 2 is 2.11 bits per heavy atom. The molecule has 19 heavy (non-hydrogen) atoms. The fourth-order valence-electron chi connectivity index (χ4n) is 3.90. The quantitative estimate of drug-likeness (QED) is 0.877. The topological polar surface area (TPSA) is 60.8 Å². The van der Waals surface area contributed by atoms with E-state index in [0.29, 0.717) is 11.8 Å². The van der Waals surface area contributed by atoms with E-state index in [-0.39, 0.29) is 18.0 Å². The molecule has 4 atom stereocenters. The third-order valence-corrected chi connectivity index (χ3v) is 4.74. The van der Waals surface area contributed by atoms with Gasteiger partial charge in [-0.15, -0.1) is 0 Å². The number of phenols is 1. The largest absolute Gasteiger partial charge is 0.508 e. The van der Waals surface area contributed by atoms with E-state index in [2.05, 4.69) is 11.8 Å². The Morgan fingerprint density at radius 3 is 2.74 bits per heavy atom. The smallest absolute Gasteiger partial charge is 0.308 e. The first-order valence-corrected chi connectivity index (χ1v) is 6.87. The number of carboxylic acids is 1. The average Bonchev–Trinajstić information content (AvgIpc) is 2.96. The van der Waals surface area contributed by atoms with Crippen molar-refractivity contribution in [3.8, 4) is 5.75 Å². The van der Waals surface area contributed by atoms with E-state index in [1.54, 1.807) is 6.07 Å². The molecule has 0 aliphatic carbocycles. The van der Waals surface area contributed by atoms with E-state index < -0.39 is 5.97 Å². The number of carboxylic acid groups (broad SMARTS) is 1. The maximum absolute atomic E-state index is 11.3. The monoisotopic (exact) mass is 261 g/mol. The molecule has 102 valence electrons. The van der Waals surface area contributed by atoms with Crippen LogP contribution in [0.25, 0.3) is 0 Å². The Morgan fingerprint density at radius 1 is 1.37 bits per heavy atom. The van der Waals surface area contributed by atoms with Gasteiger partial charge in [0.15, 0.2) is 0 Å². The number of hydrogen-bond acceptors (Lipinski definition) is 3. The molecule has 1 aromatic carbocycles. The number of rotatable bonds is 3. The molecule has 2 heterocycles. The van der Waals surface area contributed by atoms with Crippen LogP contribution in [-0.2, 0) is 4.79 Å². The first kappa shape index (κ1) is 12.5. The molecular weight excluding hydrogens is 242 g/mol. The van der Waals surface area contributed by atoms with Gasteiger partial charge in [0.1, 0.15) is 5.75 Å². The van der Waals surface area contributed by atoms with E-state index in [1.165, 1.54) is 0 Å². The minimum absolute atomic E-state index is 0.0723. The van der Waals surface area contributed by atoms with Gasteiger partial charge in [-0.05, 0) is 32.3 Å². The van der Waals surface area contributed by atoms with Crippen LogP contribution in [0.4, 0.5) is 0 Å². The number of para-hydroxylation sites is 1. The van der Waals surface area contributed by atoms with Crippen molar-refractivity contribution in [1.82, 2.24) is 4.90 Å². The van der Waals surface area contributed by atoms with Crippen molar-refractivity contribution in [3.05, 3.63) is 29.8 Å². The van der Waals surface area contributed by atoms with Crippen molar-refractivity contribution in [3.63, 3.8) is 0 Å². The standard InChI is InChI=1S/C15H19NO3/c1-9(11-4-2-3-5-14(11)17)16-10-6-7-13(16)12(8-10)15(18)19/h2-5,9-10,12-13,17H,6-8H2,1H3,(H,18,19). The van der Waals surface area contributed by atoms with Crippen LogP contribution in [0.2, 0.25) is 0 Å². The average molecular weight is 261 g/mol. The van der Waals surface area contributed by atoms with Crippen LogP contribution >= 0.6 is 0 Å². The molecule has 0 spiro atoms. The summed E-state index contributed by atoms with van der Waals surface area (Å²) >= 11 is 0. The van der Waals surface area contributed by atoms with E-state index in [1.807, 2.05) is 18.2 Å². The highest BCUT2D eigenvalue weighted by Gasteiger charge is 2.51. The van der Waals surface area contributed by atoms with Gasteiger partial charge in [0.05, 0.1) is 5.92 Å². The van der Waals surface area contributed by atoms with Crippen LogP contribution in [0.3, 0.4) is 0 Å². The fourth-order valence-corrected chi connectivity index (χ4v) is 3.90. The first-order chi connectivity index (χ1) is 9.09. The third-order valence-electron chi connectivity index (χ3n) is 4.74. The Labute approximate surface area is 112 Å². The second kappa shape index (κ2) is 4.53. The highest BCUT2D eigenvalue weighted by atomic mass is 16.4. The molecule has 4 heteroatoms. The zero-order chi connectivity index (χ0) is 13.6. The number of carbonyl (C=O) groups is 1. The SMILES string of the molecule is CC(c1ccccc1O)N1C2CCC1C(C(=O)O)C2. The van der Waals surface area contributed by atoms with Crippen molar-refractivity contribution in [2.24, 2.45) is 5.92 Å². The van der Waals surface area contributed by atoms with Crippen molar-refractivity contribution in [2.45, 2.75) is 44.3 Å². The lowest BCUT2D eigenvalue weighted by atomic mass is 9.89. The van der Waals surface area contributed by atoms with Crippen LogP contribution in [0.15, 0.2) is 24.3 Å². The predicted molar refractivity (Wildman–Crippen MR) is 70.9 cm³/mol. The van der Waals surface area contributed by atoms with Gasteiger partial charge in [-0.2, -0.15) is 0 Å². The lowest BCUT2D eigenvalue weighted by Crippen LogP contribution is -2.35. The minimum atomic E-state index is -0.679. The summed E-state index contributed by atoms with van der Waals surface area (Å²) in [5.74, 6) is -0.623. The van der Waals surface area contributed by atoms with Gasteiger partial charge in [-0.3, -0.25) is 9.69 Å². The first-order valence-electron chi connectivity index (χ1n) is 6.87. The molecule has 0 amide bonds. The molecule has 0 radical (unpaired) electrons. The molecule has 0 saturated carbocycles. The molecule has 2 N–H and O–H groups in total. The molecular formula is C15H19NO3. The molecule has 4 unspecified atom stereocenters. The summed E-state index contributed by atoms with van der Waals surface area (Å²) in [7, 11) is 0. The number of phenolic OH excluding ortho intramolecular Hbond substituents is 1. The molecule has 2 aliphatic heterocycles. The second-order valence-electron chi connectivity index (χ2n) is 5.66. The highest BCUT2D eigenvalue weighted by molar-refractivity contribution is 5.71. The minimum Gasteiger partial charge on any atom is -0.508 e. The van der Waals surface area contributed by atoms with Gasteiger partial charge in [0.25, 0.3) is 0 Å². The third kappa shape index (κ3) is 1.91. The molecule has 2 bridgehead atoms. The number of benzene rings is 1. The van der Waals surface area contributed by atoms with Crippen LogP contribution < -0.4 is 0 Å². The van der Waals surface area contributed by atoms with Crippen molar-refractivity contribution >= 4 is 5.97 Å². The number of fused-ring (bicyclic) bond motifs is 2. The summed E-state index contributed by atoms with van der Waals surface area (Å²) in [4.78, 5) is 13.6. The highest BCUT2D eigenvalue weighted by Crippen LogP contribution is 2.47. The summed E-state index contributed by atoms with van der Waals surface area (Å²) in [5, 5.41) is 19.3. The Balaban J connectivity index is 1.87. The van der Waals surface area contributed by atoms with E-state index >= 15 is 0 Å². The summed E-state index contributed by atoms with van der Waals surface area (Å²) in [6.45, 7) is 2.06. The number of hydrogen-bond donors (Lipinski definition) is 2. The predicted octanol–water partition coefficient (Wildman–Crippen LogP) is 2.39. The van der Waals surface area contributed by atoms with Gasteiger partial charge >= 0.3 is 5.97 Å². The summed E-state index contributed by atoms with van der Waals surface area (Å²) in [5.41, 5.74) is 0.894. The maximum atomic E-state index is 11.3. The molecule has 1 aromatic rings. The Bertz CT molecular complexity index is 502. The number of aromatic hydroxyl groups is 1. The summed E-state index contributed by atoms with van der Waals surface area (Å²) in [6.07, 6.45) is 2.78. The molecule has 2 fully saturated rings.